The molecule has 69 heavy (non-hydrogen) atoms. The van der Waals surface area contributed by atoms with Gasteiger partial charge >= 0.3 is 11.9 Å². The maximum atomic E-state index is 12.6. The lowest BCUT2D eigenvalue weighted by Crippen LogP contribution is -2.64. The quantitative estimate of drug-likeness (QED) is 0.136. The molecule has 2 saturated heterocycles. The first-order chi connectivity index (χ1) is 32.5. The molecule has 390 valence electrons. The molecule has 0 unspecified atom stereocenters. The highest BCUT2D eigenvalue weighted by Gasteiger charge is 2.51. The summed E-state index contributed by atoms with van der Waals surface area (Å²) in [5, 5.41) is 122. The van der Waals surface area contributed by atoms with Crippen LogP contribution >= 0.6 is 11.6 Å². The van der Waals surface area contributed by atoms with E-state index >= 15 is 0 Å². The second-order valence-corrected chi connectivity index (χ2v) is 18.5. The van der Waals surface area contributed by atoms with Crippen LogP contribution in [0.4, 0.5) is 0 Å². The molecular formula is C49H74ClNO18. The van der Waals surface area contributed by atoms with Gasteiger partial charge in [-0.3, -0.25) is 14.4 Å². The average molecular weight is 1000 g/mol. The van der Waals surface area contributed by atoms with Gasteiger partial charge in [-0.25, -0.2) is 0 Å². The van der Waals surface area contributed by atoms with Crippen LogP contribution in [0, 0.1) is 17.8 Å². The minimum atomic E-state index is -2.37. The summed E-state index contributed by atoms with van der Waals surface area (Å²) >= 11 is 5.65. The van der Waals surface area contributed by atoms with Crippen molar-refractivity contribution in [2.45, 2.75) is 177 Å². The van der Waals surface area contributed by atoms with E-state index in [2.05, 4.69) is 5.32 Å². The number of carbonyl (C=O) groups is 3. The van der Waals surface area contributed by atoms with Crippen molar-refractivity contribution < 1.29 is 89.5 Å². The van der Waals surface area contributed by atoms with Gasteiger partial charge in [-0.2, -0.15) is 0 Å². The first-order valence-electron chi connectivity index (χ1n) is 23.3. The lowest BCUT2D eigenvalue weighted by atomic mass is 9.82. The van der Waals surface area contributed by atoms with E-state index in [0.29, 0.717) is 0 Å². The summed E-state index contributed by atoms with van der Waals surface area (Å²) < 4.78 is 23.3. The van der Waals surface area contributed by atoms with E-state index in [1.807, 2.05) is 13.0 Å². The number of halogens is 1. The fourth-order valence-electron chi connectivity index (χ4n) is 8.33. The summed E-state index contributed by atoms with van der Waals surface area (Å²) in [5.41, 5.74) is 0. The third-order valence-corrected chi connectivity index (χ3v) is 12.7. The molecule has 12 N–H and O–H groups in total. The number of fused-ring (bicyclic) bond motifs is 2. The predicted molar refractivity (Wildman–Crippen MR) is 252 cm³/mol. The number of hydrogen-bond donors (Lipinski definition) is 12. The summed E-state index contributed by atoms with van der Waals surface area (Å²) in [6.45, 7) is 6.67. The minimum absolute atomic E-state index is 0.124. The van der Waals surface area contributed by atoms with Crippen molar-refractivity contribution in [3.8, 4) is 0 Å². The SMILES string of the molecule is C[C@@H]1[C@H](O)[C@@H](C)C=CC=CC=CC=CC=CC=CC=C[C@H](O[C@@H]2O[C@H](C)[C@@H](O)[C@H](NC(=O)CCl)[C@@H]2O)C[C@@H]2O[C@](O)(C[C@@H](O)C[C@@H](O)[C@H](O)CC[C@@H](O)C[C@@H](O)CC(=O)O[C@H]1C)C[C@H](O)[C@H]2C(=O)O. The molecule has 3 aliphatic rings. The van der Waals surface area contributed by atoms with Crippen LogP contribution in [0.5, 0.6) is 0 Å². The summed E-state index contributed by atoms with van der Waals surface area (Å²) in [6.07, 6.45) is 2.02. The topological polar surface area (TPSA) is 323 Å². The van der Waals surface area contributed by atoms with E-state index in [9.17, 15) is 70.6 Å². The Morgan fingerprint density at radius 3 is 1.86 bits per heavy atom. The number of carboxylic acid groups (broad SMARTS) is 1. The van der Waals surface area contributed by atoms with Gasteiger partial charge in [0.25, 0.3) is 0 Å². The Morgan fingerprint density at radius 1 is 0.696 bits per heavy atom. The van der Waals surface area contributed by atoms with Crippen molar-refractivity contribution in [3.63, 3.8) is 0 Å². The molecule has 0 aromatic rings. The van der Waals surface area contributed by atoms with Crippen molar-refractivity contribution in [1.82, 2.24) is 5.32 Å². The average Bonchev–Trinajstić information content (AvgIpc) is 3.26. The second kappa shape index (κ2) is 29.6. The monoisotopic (exact) mass is 999 g/mol. The molecule has 0 aliphatic carbocycles. The van der Waals surface area contributed by atoms with E-state index in [-0.39, 0.29) is 25.2 Å². The van der Waals surface area contributed by atoms with Crippen LogP contribution in [0.15, 0.2) is 85.1 Å². The third-order valence-electron chi connectivity index (χ3n) is 12.4. The van der Waals surface area contributed by atoms with Gasteiger partial charge < -0.3 is 80.4 Å². The van der Waals surface area contributed by atoms with Gasteiger partial charge in [0.1, 0.15) is 30.1 Å². The number of rotatable bonds is 5. The second-order valence-electron chi connectivity index (χ2n) is 18.2. The van der Waals surface area contributed by atoms with Crippen LogP contribution in [0.2, 0.25) is 0 Å². The molecule has 19 atom stereocenters. The molecule has 2 bridgehead atoms. The lowest BCUT2D eigenvalue weighted by molar-refractivity contribution is -0.309. The minimum Gasteiger partial charge on any atom is -0.481 e. The Balaban J connectivity index is 1.90. The third kappa shape index (κ3) is 20.2. The van der Waals surface area contributed by atoms with E-state index in [4.69, 9.17) is 30.5 Å². The van der Waals surface area contributed by atoms with Crippen LogP contribution in [0.25, 0.3) is 0 Å². The van der Waals surface area contributed by atoms with Crippen LogP contribution in [0.3, 0.4) is 0 Å². The van der Waals surface area contributed by atoms with Gasteiger partial charge in [-0.1, -0.05) is 98.9 Å². The molecule has 0 aromatic carbocycles. The fourth-order valence-corrected chi connectivity index (χ4v) is 8.41. The van der Waals surface area contributed by atoms with Gasteiger partial charge in [0.15, 0.2) is 12.1 Å². The first-order valence-corrected chi connectivity index (χ1v) is 23.9. The van der Waals surface area contributed by atoms with Gasteiger partial charge in [0, 0.05) is 37.5 Å². The number of amides is 1. The largest absolute Gasteiger partial charge is 0.481 e. The van der Waals surface area contributed by atoms with Gasteiger partial charge in [0.2, 0.25) is 5.91 Å². The Labute approximate surface area is 408 Å². The Bertz CT molecular complexity index is 1810. The Kier molecular flexibility index (Phi) is 25.6. The number of nitrogens with one attached hydrogen (secondary N) is 1. The number of hydrogen-bond acceptors (Lipinski definition) is 17. The molecule has 20 heteroatoms. The zero-order valence-corrected chi connectivity index (χ0v) is 40.3. The molecule has 1 amide bonds. The maximum Gasteiger partial charge on any atom is 0.311 e. The molecule has 3 rings (SSSR count). The lowest BCUT2D eigenvalue weighted by Gasteiger charge is -2.45. The van der Waals surface area contributed by atoms with Crippen LogP contribution in [-0.2, 0) is 33.3 Å². The number of carbonyl (C=O) groups excluding carboxylic acids is 2. The number of ether oxygens (including phenoxy) is 4. The number of aliphatic hydroxyl groups excluding tert-OH is 9. The highest BCUT2D eigenvalue weighted by molar-refractivity contribution is 6.27. The van der Waals surface area contributed by atoms with Gasteiger partial charge in [-0.05, 0) is 33.1 Å². The molecule has 0 radical (unpaired) electrons. The maximum absolute atomic E-state index is 12.6. The molecule has 3 heterocycles. The van der Waals surface area contributed by atoms with Crippen LogP contribution in [0.1, 0.15) is 79.1 Å². The molecular weight excluding hydrogens is 926 g/mol. The van der Waals surface area contributed by atoms with Crippen molar-refractivity contribution in [1.29, 1.82) is 0 Å². The number of aliphatic hydroxyl groups is 10. The normalized spacial score (nSPS) is 40.2. The van der Waals surface area contributed by atoms with Gasteiger partial charge in [0.05, 0.1) is 73.5 Å². The summed E-state index contributed by atoms with van der Waals surface area (Å²) in [5.74, 6) is -8.16. The highest BCUT2D eigenvalue weighted by Crippen LogP contribution is 2.38. The molecule has 2 fully saturated rings. The molecule has 0 aromatic heterocycles. The number of carboxylic acids is 1. The van der Waals surface area contributed by atoms with Crippen molar-refractivity contribution in [2.75, 3.05) is 5.88 Å². The zero-order chi connectivity index (χ0) is 51.4. The Hall–Kier alpha value is -3.64. The smallest absolute Gasteiger partial charge is 0.311 e. The van der Waals surface area contributed by atoms with Crippen LogP contribution < -0.4 is 5.32 Å². The van der Waals surface area contributed by atoms with Gasteiger partial charge in [-0.15, -0.1) is 11.6 Å². The van der Waals surface area contributed by atoms with Crippen molar-refractivity contribution in [2.24, 2.45) is 17.8 Å². The van der Waals surface area contributed by atoms with Crippen molar-refractivity contribution in [3.05, 3.63) is 85.1 Å². The highest BCUT2D eigenvalue weighted by atomic mass is 35.5. The number of alkyl halides is 1. The van der Waals surface area contributed by atoms with Crippen LogP contribution in [-0.4, -0.2) is 177 Å². The molecule has 0 saturated carbocycles. The molecule has 0 spiro atoms. The summed E-state index contributed by atoms with van der Waals surface area (Å²) in [7, 11) is 0. The number of cyclic esters (lactones) is 1. The fraction of sp³-hybridized carbons (Fsp3) is 0.653. The zero-order valence-electron chi connectivity index (χ0n) is 39.5. The standard InChI is InChI=1S/C49H74ClNO18/c1-28-17-15-13-11-9-7-5-6-8-10-12-14-16-18-35(68-48-46(62)43(51-40(58)27-50)45(61)31(4)67-48)24-39-42(47(63)64)38(57)26-49(65,69-39)25-34(54)22-37(56)36(55)20-19-32(52)21-33(53)23-41(59)66-30(3)29(2)44(28)60/h5-18,28-39,42-46,48,52-57,60-62,65H,19-27H2,1-4H3,(H,51,58)(H,63,64)/t28-,29-,30-,31+,32+,33+,34-,35-,36+,37+,38-,39-,42+,43-,44+,45+,46-,48-,49+/m0/s1. The number of aliphatic carboxylic acids is 1. The van der Waals surface area contributed by atoms with E-state index in [0.717, 1.165) is 0 Å². The Morgan fingerprint density at radius 2 is 1.28 bits per heavy atom. The molecule has 3 aliphatic heterocycles. The van der Waals surface area contributed by atoms with E-state index < -0.39 is 165 Å². The molecule has 19 nitrogen and oxygen atoms in total. The summed E-state index contributed by atoms with van der Waals surface area (Å²) in [4.78, 5) is 37.4. The van der Waals surface area contributed by atoms with Crippen molar-refractivity contribution >= 4 is 29.4 Å². The predicted octanol–water partition coefficient (Wildman–Crippen LogP) is 1.11. The first kappa shape index (κ1) is 59.7. The number of esters is 1. The van der Waals surface area contributed by atoms with E-state index in [1.54, 1.807) is 86.8 Å². The summed E-state index contributed by atoms with van der Waals surface area (Å²) in [6, 6.07) is -1.29. The van der Waals surface area contributed by atoms with E-state index in [1.165, 1.54) is 13.0 Å². The number of allylic oxidation sites excluding steroid dienone is 12.